The van der Waals surface area contributed by atoms with E-state index in [1.807, 2.05) is 6.92 Å². The molecule has 1 aromatic heterocycles. The first-order valence-corrected chi connectivity index (χ1v) is 5.13. The SMILES string of the molecule is CCc1nn(C)c(C(=O)OC(C)C(=O)O)c1N. The van der Waals surface area contributed by atoms with Gasteiger partial charge in [-0.15, -0.1) is 0 Å². The zero-order valence-corrected chi connectivity index (χ0v) is 9.93. The molecule has 0 radical (unpaired) electrons. The molecule has 0 aliphatic heterocycles. The van der Waals surface area contributed by atoms with E-state index in [0.717, 1.165) is 0 Å². The molecule has 1 heterocycles. The number of aryl methyl sites for hydroxylation is 2. The summed E-state index contributed by atoms with van der Waals surface area (Å²) in [7, 11) is 1.55. The van der Waals surface area contributed by atoms with Crippen LogP contribution in [0.25, 0.3) is 0 Å². The zero-order valence-electron chi connectivity index (χ0n) is 9.93. The van der Waals surface area contributed by atoms with Gasteiger partial charge in [0.25, 0.3) is 0 Å². The number of nitrogens with two attached hydrogens (primary N) is 1. The molecular weight excluding hydrogens is 226 g/mol. The van der Waals surface area contributed by atoms with Crippen LogP contribution in [-0.2, 0) is 23.0 Å². The Balaban J connectivity index is 2.97. The highest BCUT2D eigenvalue weighted by Gasteiger charge is 2.24. The number of esters is 1. The molecule has 0 fully saturated rings. The average Bonchev–Trinajstić information content (AvgIpc) is 2.53. The molecule has 3 N–H and O–H groups in total. The van der Waals surface area contributed by atoms with Crippen molar-refractivity contribution >= 4 is 17.6 Å². The van der Waals surface area contributed by atoms with Crippen LogP contribution in [0.2, 0.25) is 0 Å². The zero-order chi connectivity index (χ0) is 13.2. The summed E-state index contributed by atoms with van der Waals surface area (Å²) in [5.74, 6) is -2.00. The summed E-state index contributed by atoms with van der Waals surface area (Å²) in [5, 5.41) is 12.7. The van der Waals surface area contributed by atoms with Crippen molar-refractivity contribution < 1.29 is 19.4 Å². The third-order valence-corrected chi connectivity index (χ3v) is 2.32. The Kier molecular flexibility index (Phi) is 3.72. The first-order chi connectivity index (χ1) is 7.88. The second kappa shape index (κ2) is 4.86. The lowest BCUT2D eigenvalue weighted by Gasteiger charge is -2.09. The highest BCUT2D eigenvalue weighted by molar-refractivity contribution is 5.95. The first kappa shape index (κ1) is 13.0. The van der Waals surface area contributed by atoms with Gasteiger partial charge in [0.1, 0.15) is 0 Å². The number of carbonyl (C=O) groups excluding carboxylic acids is 1. The number of aliphatic carboxylic acids is 1. The summed E-state index contributed by atoms with van der Waals surface area (Å²) in [5.41, 5.74) is 6.63. The lowest BCUT2D eigenvalue weighted by Crippen LogP contribution is -2.25. The number of carboxylic acids is 1. The molecule has 1 rings (SSSR count). The van der Waals surface area contributed by atoms with Gasteiger partial charge in [-0.3, -0.25) is 4.68 Å². The molecule has 7 nitrogen and oxygen atoms in total. The molecule has 1 atom stereocenters. The van der Waals surface area contributed by atoms with Crippen molar-refractivity contribution in [3.05, 3.63) is 11.4 Å². The number of nitrogen functional groups attached to an aromatic ring is 1. The fraction of sp³-hybridized carbons (Fsp3) is 0.500. The topological polar surface area (TPSA) is 107 Å². The Hall–Kier alpha value is -2.05. The molecule has 0 spiro atoms. The molecule has 0 aliphatic rings. The molecule has 0 amide bonds. The Morgan fingerprint density at radius 3 is 2.59 bits per heavy atom. The molecule has 0 saturated heterocycles. The van der Waals surface area contributed by atoms with Crippen molar-refractivity contribution in [3.63, 3.8) is 0 Å². The van der Waals surface area contributed by atoms with Gasteiger partial charge < -0.3 is 15.6 Å². The van der Waals surface area contributed by atoms with Crippen LogP contribution in [0.15, 0.2) is 0 Å². The fourth-order valence-corrected chi connectivity index (χ4v) is 1.37. The first-order valence-electron chi connectivity index (χ1n) is 5.13. The van der Waals surface area contributed by atoms with Crippen LogP contribution in [0.4, 0.5) is 5.69 Å². The van der Waals surface area contributed by atoms with Crippen molar-refractivity contribution in [2.24, 2.45) is 7.05 Å². The van der Waals surface area contributed by atoms with Crippen LogP contribution >= 0.6 is 0 Å². The Morgan fingerprint density at radius 1 is 1.59 bits per heavy atom. The number of anilines is 1. The van der Waals surface area contributed by atoms with Gasteiger partial charge in [-0.2, -0.15) is 5.10 Å². The predicted molar refractivity (Wildman–Crippen MR) is 59.5 cm³/mol. The van der Waals surface area contributed by atoms with Gasteiger partial charge >= 0.3 is 11.9 Å². The van der Waals surface area contributed by atoms with E-state index in [0.29, 0.717) is 12.1 Å². The number of hydrogen-bond acceptors (Lipinski definition) is 5. The van der Waals surface area contributed by atoms with E-state index in [-0.39, 0.29) is 11.4 Å². The molecule has 1 unspecified atom stereocenters. The Morgan fingerprint density at radius 2 is 2.18 bits per heavy atom. The Bertz CT molecular complexity index is 453. The summed E-state index contributed by atoms with van der Waals surface area (Å²) >= 11 is 0. The van der Waals surface area contributed by atoms with Gasteiger partial charge in [0, 0.05) is 7.05 Å². The highest BCUT2D eigenvalue weighted by atomic mass is 16.6. The standard InChI is InChI=1S/C10H15N3O4/c1-4-6-7(11)8(13(3)12-6)10(16)17-5(2)9(14)15/h5H,4,11H2,1-3H3,(H,14,15). The molecule has 0 bridgehead atoms. The van der Waals surface area contributed by atoms with Gasteiger partial charge in [0.05, 0.1) is 11.4 Å². The molecule has 0 aromatic carbocycles. The van der Waals surface area contributed by atoms with E-state index < -0.39 is 18.0 Å². The van der Waals surface area contributed by atoms with E-state index in [2.05, 4.69) is 5.10 Å². The van der Waals surface area contributed by atoms with Crippen LogP contribution in [0.1, 0.15) is 30.0 Å². The molecule has 7 heteroatoms. The van der Waals surface area contributed by atoms with E-state index in [9.17, 15) is 9.59 Å². The minimum absolute atomic E-state index is 0.0787. The number of nitrogens with zero attached hydrogens (tertiary/aromatic N) is 2. The van der Waals surface area contributed by atoms with Crippen LogP contribution in [0, 0.1) is 0 Å². The smallest absolute Gasteiger partial charge is 0.359 e. The van der Waals surface area contributed by atoms with Crippen LogP contribution in [-0.4, -0.2) is 32.9 Å². The number of carboxylic acid groups (broad SMARTS) is 1. The highest BCUT2D eigenvalue weighted by Crippen LogP contribution is 2.18. The fourth-order valence-electron chi connectivity index (χ4n) is 1.37. The lowest BCUT2D eigenvalue weighted by atomic mass is 10.2. The van der Waals surface area contributed by atoms with Crippen molar-refractivity contribution in [3.8, 4) is 0 Å². The molecule has 94 valence electrons. The van der Waals surface area contributed by atoms with Crippen LogP contribution < -0.4 is 5.73 Å². The molecule has 17 heavy (non-hydrogen) atoms. The van der Waals surface area contributed by atoms with Gasteiger partial charge in [-0.25, -0.2) is 9.59 Å². The summed E-state index contributed by atoms with van der Waals surface area (Å²) in [6, 6.07) is 0. The van der Waals surface area contributed by atoms with Gasteiger partial charge in [0.15, 0.2) is 11.8 Å². The third-order valence-electron chi connectivity index (χ3n) is 2.32. The van der Waals surface area contributed by atoms with Gasteiger partial charge in [-0.05, 0) is 13.3 Å². The molecular formula is C10H15N3O4. The third kappa shape index (κ3) is 2.55. The lowest BCUT2D eigenvalue weighted by molar-refractivity contribution is -0.146. The Labute approximate surface area is 98.2 Å². The average molecular weight is 241 g/mol. The van der Waals surface area contributed by atoms with Crippen molar-refractivity contribution in [2.75, 3.05) is 5.73 Å². The second-order valence-electron chi connectivity index (χ2n) is 3.57. The quantitative estimate of drug-likeness (QED) is 0.729. The normalized spacial score (nSPS) is 12.2. The number of rotatable bonds is 4. The minimum atomic E-state index is -1.22. The van der Waals surface area contributed by atoms with E-state index >= 15 is 0 Å². The number of aromatic nitrogens is 2. The molecule has 1 aromatic rings. The number of carbonyl (C=O) groups is 2. The summed E-state index contributed by atoms with van der Waals surface area (Å²) in [6.45, 7) is 3.13. The molecule has 0 aliphatic carbocycles. The maximum atomic E-state index is 11.7. The monoisotopic (exact) mass is 241 g/mol. The summed E-state index contributed by atoms with van der Waals surface area (Å²) in [6.07, 6.45) is -0.636. The maximum Gasteiger partial charge on any atom is 0.359 e. The summed E-state index contributed by atoms with van der Waals surface area (Å²) < 4.78 is 6.03. The van der Waals surface area contributed by atoms with E-state index in [1.54, 1.807) is 7.05 Å². The maximum absolute atomic E-state index is 11.7. The minimum Gasteiger partial charge on any atom is -0.479 e. The van der Waals surface area contributed by atoms with Gasteiger partial charge in [-0.1, -0.05) is 6.92 Å². The van der Waals surface area contributed by atoms with Crippen molar-refractivity contribution in [2.45, 2.75) is 26.4 Å². The number of hydrogen-bond donors (Lipinski definition) is 2. The van der Waals surface area contributed by atoms with Crippen LogP contribution in [0.3, 0.4) is 0 Å². The van der Waals surface area contributed by atoms with Gasteiger partial charge in [0.2, 0.25) is 0 Å². The number of ether oxygens (including phenoxy) is 1. The van der Waals surface area contributed by atoms with E-state index in [4.69, 9.17) is 15.6 Å². The van der Waals surface area contributed by atoms with E-state index in [1.165, 1.54) is 11.6 Å². The largest absolute Gasteiger partial charge is 0.479 e. The van der Waals surface area contributed by atoms with Crippen LogP contribution in [0.5, 0.6) is 0 Å². The van der Waals surface area contributed by atoms with Crippen molar-refractivity contribution in [1.82, 2.24) is 9.78 Å². The second-order valence-corrected chi connectivity index (χ2v) is 3.57. The predicted octanol–water partition coefficient (Wildman–Crippen LogP) is 0.195. The summed E-state index contributed by atoms with van der Waals surface area (Å²) in [4.78, 5) is 22.3. The van der Waals surface area contributed by atoms with Crippen molar-refractivity contribution in [1.29, 1.82) is 0 Å². The molecule has 0 saturated carbocycles.